The number of hydrogen-bond acceptors (Lipinski definition) is 2. The number of allylic oxidation sites excluding steroid dienone is 1. The van der Waals surface area contributed by atoms with Gasteiger partial charge in [-0.05, 0) is 20.3 Å². The summed E-state index contributed by atoms with van der Waals surface area (Å²) < 4.78 is 4.99. The summed E-state index contributed by atoms with van der Waals surface area (Å²) >= 11 is 0. The second kappa shape index (κ2) is 6.38. The lowest BCUT2D eigenvalue weighted by Gasteiger charge is -2.06. The van der Waals surface area contributed by atoms with Gasteiger partial charge in [0.1, 0.15) is 0 Å². The molecule has 0 aliphatic heterocycles. The van der Waals surface area contributed by atoms with E-state index in [0.717, 1.165) is 12.8 Å². The van der Waals surface area contributed by atoms with Gasteiger partial charge in [-0.3, -0.25) is 0 Å². The highest BCUT2D eigenvalue weighted by atomic mass is 16.6. The predicted molar refractivity (Wildman–Crippen MR) is 46.3 cm³/mol. The quantitative estimate of drug-likeness (QED) is 0.490. The maximum absolute atomic E-state index is 8.78. The van der Waals surface area contributed by atoms with Gasteiger partial charge < -0.3 is 9.84 Å². The summed E-state index contributed by atoms with van der Waals surface area (Å²) in [5, 5.41) is 8.78. The second-order valence-corrected chi connectivity index (χ2v) is 2.75. The zero-order chi connectivity index (χ0) is 8.69. The van der Waals surface area contributed by atoms with Gasteiger partial charge in [-0.1, -0.05) is 25.0 Å². The van der Waals surface area contributed by atoms with Crippen LogP contribution in [0.4, 0.5) is 0 Å². The van der Waals surface area contributed by atoms with Crippen LogP contribution >= 0.6 is 0 Å². The molecule has 0 aliphatic carbocycles. The van der Waals surface area contributed by atoms with Crippen molar-refractivity contribution in [2.45, 2.75) is 39.9 Å². The summed E-state index contributed by atoms with van der Waals surface area (Å²) in [5.74, 6) is 0. The van der Waals surface area contributed by atoms with Gasteiger partial charge in [-0.15, -0.1) is 0 Å². The molecule has 1 N–H and O–H groups in total. The molecule has 0 saturated carbocycles. The third kappa shape index (κ3) is 7.56. The molecule has 0 aromatic heterocycles. The first kappa shape index (κ1) is 10.7. The maximum atomic E-state index is 8.78. The van der Waals surface area contributed by atoms with Crippen molar-refractivity contribution in [2.24, 2.45) is 0 Å². The first-order valence-corrected chi connectivity index (χ1v) is 4.12. The third-order valence-electron chi connectivity index (χ3n) is 1.33. The van der Waals surface area contributed by atoms with Crippen LogP contribution < -0.4 is 0 Å². The normalized spacial score (nSPS) is 15.1. The van der Waals surface area contributed by atoms with Gasteiger partial charge in [0.25, 0.3) is 0 Å². The topological polar surface area (TPSA) is 29.5 Å². The number of rotatable bonds is 5. The average molecular weight is 158 g/mol. The molecule has 1 unspecified atom stereocenters. The Labute approximate surface area is 68.9 Å². The van der Waals surface area contributed by atoms with E-state index in [4.69, 9.17) is 9.84 Å². The Morgan fingerprint density at radius 2 is 2.27 bits per heavy atom. The highest BCUT2D eigenvalue weighted by Crippen LogP contribution is 1.99. The molecule has 0 bridgehead atoms. The van der Waals surface area contributed by atoms with Crippen LogP contribution in [0.5, 0.6) is 0 Å². The van der Waals surface area contributed by atoms with Crippen molar-refractivity contribution in [1.82, 2.24) is 0 Å². The number of aliphatic hydroxyl groups excluding tert-OH is 1. The van der Waals surface area contributed by atoms with Crippen molar-refractivity contribution in [3.63, 3.8) is 0 Å². The molecule has 11 heavy (non-hydrogen) atoms. The van der Waals surface area contributed by atoms with Crippen LogP contribution in [0.25, 0.3) is 0 Å². The molecule has 0 fully saturated rings. The molecule has 1 atom stereocenters. The highest BCUT2D eigenvalue weighted by Gasteiger charge is 1.94. The lowest BCUT2D eigenvalue weighted by Crippen LogP contribution is -2.07. The van der Waals surface area contributed by atoms with Gasteiger partial charge in [0.2, 0.25) is 0 Å². The molecular weight excluding hydrogens is 140 g/mol. The SMILES string of the molecule is CCC/C=C(/C)COC(C)O. The average Bonchev–Trinajstić information content (AvgIpc) is 1.97. The largest absolute Gasteiger partial charge is 0.368 e. The number of unbranched alkanes of at least 4 members (excludes halogenated alkanes) is 1. The van der Waals surface area contributed by atoms with Crippen molar-refractivity contribution >= 4 is 0 Å². The number of hydrogen-bond donors (Lipinski definition) is 1. The van der Waals surface area contributed by atoms with Crippen LogP contribution in [0.2, 0.25) is 0 Å². The Morgan fingerprint density at radius 3 is 2.73 bits per heavy atom. The van der Waals surface area contributed by atoms with Gasteiger partial charge in [-0.25, -0.2) is 0 Å². The minimum Gasteiger partial charge on any atom is -0.368 e. The zero-order valence-corrected chi connectivity index (χ0v) is 7.63. The lowest BCUT2D eigenvalue weighted by molar-refractivity contribution is -0.0763. The molecule has 0 spiro atoms. The van der Waals surface area contributed by atoms with E-state index in [1.54, 1.807) is 6.92 Å². The van der Waals surface area contributed by atoms with Crippen molar-refractivity contribution in [2.75, 3.05) is 6.61 Å². The lowest BCUT2D eigenvalue weighted by atomic mass is 10.2. The van der Waals surface area contributed by atoms with Crippen LogP contribution in [0.3, 0.4) is 0 Å². The molecule has 0 saturated heterocycles. The van der Waals surface area contributed by atoms with Gasteiger partial charge in [0, 0.05) is 0 Å². The van der Waals surface area contributed by atoms with E-state index in [9.17, 15) is 0 Å². The minimum absolute atomic E-state index is 0.539. The summed E-state index contributed by atoms with van der Waals surface area (Å²) in [6, 6.07) is 0. The molecule has 0 rings (SSSR count). The zero-order valence-electron chi connectivity index (χ0n) is 7.63. The van der Waals surface area contributed by atoms with Crippen LogP contribution in [0.15, 0.2) is 11.6 Å². The van der Waals surface area contributed by atoms with E-state index >= 15 is 0 Å². The molecular formula is C9H18O2. The fourth-order valence-corrected chi connectivity index (χ4v) is 0.702. The first-order chi connectivity index (χ1) is 5.16. The number of ether oxygens (including phenoxy) is 1. The van der Waals surface area contributed by atoms with Crippen LogP contribution in [0, 0.1) is 0 Å². The molecule has 0 heterocycles. The van der Waals surface area contributed by atoms with E-state index in [1.807, 2.05) is 6.92 Å². The monoisotopic (exact) mass is 158 g/mol. The standard InChI is InChI=1S/C9H18O2/c1-4-5-6-8(2)7-11-9(3)10/h6,9-10H,4-5,7H2,1-3H3/b8-6-. The first-order valence-electron chi connectivity index (χ1n) is 4.12. The summed E-state index contributed by atoms with van der Waals surface area (Å²) in [6.07, 6.45) is 3.74. The fraction of sp³-hybridized carbons (Fsp3) is 0.778. The van der Waals surface area contributed by atoms with Crippen LogP contribution in [-0.2, 0) is 4.74 Å². The Balaban J connectivity index is 3.42. The molecule has 0 aromatic carbocycles. The van der Waals surface area contributed by atoms with E-state index in [2.05, 4.69) is 13.0 Å². The molecule has 0 amide bonds. The van der Waals surface area contributed by atoms with E-state index < -0.39 is 6.29 Å². The molecule has 0 radical (unpaired) electrons. The Hall–Kier alpha value is -0.340. The Kier molecular flexibility index (Phi) is 6.18. The summed E-state index contributed by atoms with van der Waals surface area (Å²) in [7, 11) is 0. The summed E-state index contributed by atoms with van der Waals surface area (Å²) in [6.45, 7) is 6.31. The number of aliphatic hydroxyl groups is 1. The van der Waals surface area contributed by atoms with Gasteiger partial charge in [0.05, 0.1) is 6.61 Å². The van der Waals surface area contributed by atoms with E-state index in [0.29, 0.717) is 6.61 Å². The van der Waals surface area contributed by atoms with Gasteiger partial charge in [-0.2, -0.15) is 0 Å². The Morgan fingerprint density at radius 1 is 1.64 bits per heavy atom. The van der Waals surface area contributed by atoms with Crippen molar-refractivity contribution in [3.05, 3.63) is 11.6 Å². The highest BCUT2D eigenvalue weighted by molar-refractivity contribution is 4.97. The fourth-order valence-electron chi connectivity index (χ4n) is 0.702. The van der Waals surface area contributed by atoms with Crippen LogP contribution in [0.1, 0.15) is 33.6 Å². The predicted octanol–water partition coefficient (Wildman–Crippen LogP) is 2.09. The summed E-state index contributed by atoms with van der Waals surface area (Å²) in [4.78, 5) is 0. The Bertz CT molecular complexity index is 117. The second-order valence-electron chi connectivity index (χ2n) is 2.75. The van der Waals surface area contributed by atoms with E-state index in [1.165, 1.54) is 5.57 Å². The summed E-state index contributed by atoms with van der Waals surface area (Å²) in [5.41, 5.74) is 1.19. The molecule has 0 aliphatic rings. The van der Waals surface area contributed by atoms with Crippen LogP contribution in [-0.4, -0.2) is 18.0 Å². The van der Waals surface area contributed by atoms with E-state index in [-0.39, 0.29) is 0 Å². The van der Waals surface area contributed by atoms with Crippen molar-refractivity contribution in [3.8, 4) is 0 Å². The third-order valence-corrected chi connectivity index (χ3v) is 1.33. The molecule has 66 valence electrons. The van der Waals surface area contributed by atoms with Crippen molar-refractivity contribution < 1.29 is 9.84 Å². The maximum Gasteiger partial charge on any atom is 0.152 e. The van der Waals surface area contributed by atoms with Gasteiger partial charge in [0.15, 0.2) is 6.29 Å². The molecule has 2 heteroatoms. The molecule has 2 nitrogen and oxygen atoms in total. The minimum atomic E-state index is -0.653. The van der Waals surface area contributed by atoms with Gasteiger partial charge >= 0.3 is 0 Å². The molecule has 0 aromatic rings. The smallest absolute Gasteiger partial charge is 0.152 e. The van der Waals surface area contributed by atoms with Crippen molar-refractivity contribution in [1.29, 1.82) is 0 Å².